The second-order valence-electron chi connectivity index (χ2n) is 4.26. The van der Waals surface area contributed by atoms with Crippen LogP contribution in [-0.4, -0.2) is 21.5 Å². The molecule has 0 spiro atoms. The fraction of sp³-hybridized carbons (Fsp3) is 0.385. The van der Waals surface area contributed by atoms with Crippen LogP contribution in [0.15, 0.2) is 30.6 Å². The Morgan fingerprint density at radius 1 is 1.24 bits per heavy atom. The van der Waals surface area contributed by atoms with Gasteiger partial charge in [-0.15, -0.1) is 5.10 Å². The summed E-state index contributed by atoms with van der Waals surface area (Å²) in [5.41, 5.74) is 4.02. The number of rotatable bonds is 5. The Labute approximate surface area is 102 Å². The minimum absolute atomic E-state index is 0.852. The lowest BCUT2D eigenvalue weighted by atomic mass is 10.1. The maximum Gasteiger partial charge on any atom is 0.0692 e. The van der Waals surface area contributed by atoms with E-state index in [2.05, 4.69) is 47.7 Å². The van der Waals surface area contributed by atoms with Crippen molar-refractivity contribution in [3.8, 4) is 0 Å². The van der Waals surface area contributed by atoms with Crippen molar-refractivity contribution in [2.45, 2.75) is 26.9 Å². The van der Waals surface area contributed by atoms with Gasteiger partial charge in [-0.1, -0.05) is 23.4 Å². The quantitative estimate of drug-likeness (QED) is 0.795. The van der Waals surface area contributed by atoms with Gasteiger partial charge in [0.05, 0.1) is 12.7 Å². The van der Waals surface area contributed by atoms with Gasteiger partial charge in [-0.05, 0) is 30.5 Å². The third kappa shape index (κ3) is 3.39. The van der Waals surface area contributed by atoms with Gasteiger partial charge in [-0.3, -0.25) is 4.68 Å². The predicted molar refractivity (Wildman–Crippen MR) is 67.6 cm³/mol. The molecule has 0 saturated heterocycles. The van der Waals surface area contributed by atoms with Crippen molar-refractivity contribution in [1.82, 2.24) is 20.3 Å². The second kappa shape index (κ2) is 5.59. The molecule has 0 radical (unpaired) electrons. The zero-order valence-corrected chi connectivity index (χ0v) is 10.3. The molecule has 90 valence electrons. The van der Waals surface area contributed by atoms with E-state index in [0.717, 1.165) is 19.6 Å². The first-order valence-electron chi connectivity index (χ1n) is 5.86. The Balaban J connectivity index is 1.76. The first-order valence-corrected chi connectivity index (χ1v) is 5.86. The van der Waals surface area contributed by atoms with Crippen LogP contribution < -0.4 is 5.32 Å². The van der Waals surface area contributed by atoms with Crippen molar-refractivity contribution in [3.05, 3.63) is 47.3 Å². The van der Waals surface area contributed by atoms with Gasteiger partial charge in [0.15, 0.2) is 0 Å². The third-order valence-corrected chi connectivity index (χ3v) is 2.89. The van der Waals surface area contributed by atoms with Crippen LogP contribution in [0.2, 0.25) is 0 Å². The number of benzene rings is 1. The molecule has 0 aliphatic carbocycles. The molecule has 0 aliphatic rings. The summed E-state index contributed by atoms with van der Waals surface area (Å²) in [4.78, 5) is 0. The van der Waals surface area contributed by atoms with E-state index in [1.807, 2.05) is 10.9 Å². The summed E-state index contributed by atoms with van der Waals surface area (Å²) in [6.07, 6.45) is 3.57. The fourth-order valence-electron chi connectivity index (χ4n) is 1.69. The van der Waals surface area contributed by atoms with Crippen molar-refractivity contribution < 1.29 is 0 Å². The molecule has 2 aromatic rings. The summed E-state index contributed by atoms with van der Waals surface area (Å²) in [5, 5.41) is 11.1. The molecular formula is C13H18N4. The molecule has 1 aromatic heterocycles. The molecular weight excluding hydrogens is 212 g/mol. The molecule has 1 N–H and O–H groups in total. The zero-order valence-electron chi connectivity index (χ0n) is 10.3. The smallest absolute Gasteiger partial charge is 0.0692 e. The van der Waals surface area contributed by atoms with E-state index in [9.17, 15) is 0 Å². The van der Waals surface area contributed by atoms with Gasteiger partial charge in [0.1, 0.15) is 0 Å². The van der Waals surface area contributed by atoms with E-state index >= 15 is 0 Å². The van der Waals surface area contributed by atoms with Gasteiger partial charge in [-0.2, -0.15) is 0 Å². The van der Waals surface area contributed by atoms with Crippen LogP contribution in [0.5, 0.6) is 0 Å². The lowest BCUT2D eigenvalue weighted by Gasteiger charge is -2.07. The lowest BCUT2D eigenvalue weighted by Crippen LogP contribution is -2.19. The SMILES string of the molecule is Cc1ccc(CNCCn2ccnn2)cc1C. The van der Waals surface area contributed by atoms with Crippen molar-refractivity contribution >= 4 is 0 Å². The first kappa shape index (κ1) is 11.8. The molecule has 1 heterocycles. The zero-order chi connectivity index (χ0) is 12.1. The monoisotopic (exact) mass is 230 g/mol. The number of hydrogen-bond donors (Lipinski definition) is 1. The average Bonchev–Trinajstić information content (AvgIpc) is 2.82. The summed E-state index contributed by atoms with van der Waals surface area (Å²) in [7, 11) is 0. The van der Waals surface area contributed by atoms with Crippen molar-refractivity contribution in [3.63, 3.8) is 0 Å². The van der Waals surface area contributed by atoms with Crippen LogP contribution in [-0.2, 0) is 13.1 Å². The van der Waals surface area contributed by atoms with Gasteiger partial charge in [0, 0.05) is 19.3 Å². The van der Waals surface area contributed by atoms with E-state index in [1.54, 1.807) is 6.20 Å². The molecule has 0 aliphatic heterocycles. The molecule has 0 bridgehead atoms. The van der Waals surface area contributed by atoms with Crippen LogP contribution in [0.1, 0.15) is 16.7 Å². The van der Waals surface area contributed by atoms with E-state index < -0.39 is 0 Å². The van der Waals surface area contributed by atoms with Gasteiger partial charge < -0.3 is 5.32 Å². The van der Waals surface area contributed by atoms with Gasteiger partial charge in [0.25, 0.3) is 0 Å². The first-order chi connectivity index (χ1) is 8.25. The Morgan fingerprint density at radius 2 is 2.12 bits per heavy atom. The van der Waals surface area contributed by atoms with Crippen molar-refractivity contribution in [1.29, 1.82) is 0 Å². The summed E-state index contributed by atoms with van der Waals surface area (Å²) in [5.74, 6) is 0. The highest BCUT2D eigenvalue weighted by Gasteiger charge is 1.96. The van der Waals surface area contributed by atoms with Crippen LogP contribution in [0.4, 0.5) is 0 Å². The average molecular weight is 230 g/mol. The summed E-state index contributed by atoms with van der Waals surface area (Å²) in [6, 6.07) is 6.58. The van der Waals surface area contributed by atoms with Gasteiger partial charge in [0.2, 0.25) is 0 Å². The topological polar surface area (TPSA) is 42.7 Å². The maximum atomic E-state index is 3.91. The molecule has 2 rings (SSSR count). The highest BCUT2D eigenvalue weighted by molar-refractivity contribution is 5.29. The molecule has 4 heteroatoms. The summed E-state index contributed by atoms with van der Waals surface area (Å²) >= 11 is 0. The Bertz CT molecular complexity index is 462. The molecule has 0 atom stereocenters. The second-order valence-corrected chi connectivity index (χ2v) is 4.26. The summed E-state index contributed by atoms with van der Waals surface area (Å²) in [6.45, 7) is 6.93. The lowest BCUT2D eigenvalue weighted by molar-refractivity contribution is 0.540. The molecule has 0 amide bonds. The number of hydrogen-bond acceptors (Lipinski definition) is 3. The molecule has 17 heavy (non-hydrogen) atoms. The van der Waals surface area contributed by atoms with Crippen LogP contribution >= 0.6 is 0 Å². The van der Waals surface area contributed by atoms with Crippen molar-refractivity contribution in [2.24, 2.45) is 0 Å². The normalized spacial score (nSPS) is 10.7. The Hall–Kier alpha value is -1.68. The van der Waals surface area contributed by atoms with E-state index in [4.69, 9.17) is 0 Å². The van der Waals surface area contributed by atoms with Crippen molar-refractivity contribution in [2.75, 3.05) is 6.54 Å². The maximum absolute atomic E-state index is 3.91. The summed E-state index contributed by atoms with van der Waals surface area (Å²) < 4.78 is 1.83. The molecule has 0 fully saturated rings. The minimum atomic E-state index is 0.852. The number of nitrogens with one attached hydrogen (secondary N) is 1. The van der Waals surface area contributed by atoms with Crippen LogP contribution in [0.25, 0.3) is 0 Å². The Kier molecular flexibility index (Phi) is 3.88. The highest BCUT2D eigenvalue weighted by atomic mass is 15.4. The standard InChI is InChI=1S/C13H18N4/c1-11-3-4-13(9-12(11)2)10-14-5-7-17-8-6-15-16-17/h3-4,6,8-9,14H,5,7,10H2,1-2H3. The predicted octanol–water partition coefficient (Wildman–Crippen LogP) is 1.68. The molecule has 0 unspecified atom stereocenters. The van der Waals surface area contributed by atoms with Gasteiger partial charge >= 0.3 is 0 Å². The molecule has 0 saturated carbocycles. The molecule has 4 nitrogen and oxygen atoms in total. The fourth-order valence-corrected chi connectivity index (χ4v) is 1.69. The molecule has 1 aromatic carbocycles. The highest BCUT2D eigenvalue weighted by Crippen LogP contribution is 2.09. The van der Waals surface area contributed by atoms with Gasteiger partial charge in [-0.25, -0.2) is 0 Å². The largest absolute Gasteiger partial charge is 0.311 e. The van der Waals surface area contributed by atoms with E-state index in [0.29, 0.717) is 0 Å². The Morgan fingerprint density at radius 3 is 2.82 bits per heavy atom. The number of nitrogens with zero attached hydrogens (tertiary/aromatic N) is 3. The number of aryl methyl sites for hydroxylation is 2. The van der Waals surface area contributed by atoms with Crippen LogP contribution in [0, 0.1) is 13.8 Å². The number of aromatic nitrogens is 3. The van der Waals surface area contributed by atoms with E-state index in [-0.39, 0.29) is 0 Å². The minimum Gasteiger partial charge on any atom is -0.311 e. The third-order valence-electron chi connectivity index (χ3n) is 2.89. The van der Waals surface area contributed by atoms with Crippen LogP contribution in [0.3, 0.4) is 0 Å². The van der Waals surface area contributed by atoms with E-state index in [1.165, 1.54) is 16.7 Å².